The number of hydrogen-bond acceptors (Lipinski definition) is 6. The summed E-state index contributed by atoms with van der Waals surface area (Å²) in [6.45, 7) is 5.28. The number of rotatable bonds is 5. The van der Waals surface area contributed by atoms with Gasteiger partial charge in [0.15, 0.2) is 0 Å². The van der Waals surface area contributed by atoms with Crippen LogP contribution in [0.5, 0.6) is 5.75 Å². The van der Waals surface area contributed by atoms with Gasteiger partial charge in [0.25, 0.3) is 5.69 Å². The van der Waals surface area contributed by atoms with Crippen LogP contribution in [-0.4, -0.2) is 27.7 Å². The summed E-state index contributed by atoms with van der Waals surface area (Å²) in [6.07, 6.45) is 2.38. The van der Waals surface area contributed by atoms with Crippen LogP contribution in [0.2, 0.25) is 0 Å². The van der Waals surface area contributed by atoms with E-state index in [1.807, 2.05) is 13.8 Å². The Morgan fingerprint density at radius 1 is 1.42 bits per heavy atom. The Bertz CT molecular complexity index is 767. The van der Waals surface area contributed by atoms with Crippen molar-refractivity contribution >= 4 is 11.8 Å². The normalized spacial score (nSPS) is 10.7. The van der Waals surface area contributed by atoms with Crippen LogP contribution in [-0.2, 0) is 11.3 Å². The topological polar surface area (TPSA) is 96.5 Å². The first-order valence-corrected chi connectivity index (χ1v) is 7.37. The van der Waals surface area contributed by atoms with Gasteiger partial charge in [-0.15, -0.1) is 0 Å². The summed E-state index contributed by atoms with van der Waals surface area (Å²) in [6, 6.07) is 2.91. The molecule has 128 valence electrons. The summed E-state index contributed by atoms with van der Waals surface area (Å²) in [7, 11) is 1.48. The van der Waals surface area contributed by atoms with Gasteiger partial charge >= 0.3 is 6.09 Å². The molecule has 1 aromatic heterocycles. The molecule has 0 atom stereocenters. The van der Waals surface area contributed by atoms with Gasteiger partial charge in [0, 0.05) is 24.4 Å². The molecule has 0 aliphatic carbocycles. The fourth-order valence-electron chi connectivity index (χ4n) is 2.33. The molecular formula is C16H19N3O5. The summed E-state index contributed by atoms with van der Waals surface area (Å²) < 4.78 is 11.7. The number of aryl methyl sites for hydroxylation is 1. The van der Waals surface area contributed by atoms with Gasteiger partial charge in [-0.05, 0) is 18.6 Å². The first kappa shape index (κ1) is 17.5. The average molecular weight is 333 g/mol. The van der Waals surface area contributed by atoms with Crippen molar-refractivity contribution < 1.29 is 19.2 Å². The molecule has 24 heavy (non-hydrogen) atoms. The summed E-state index contributed by atoms with van der Waals surface area (Å²) in [5.74, 6) is 1.11. The zero-order valence-corrected chi connectivity index (χ0v) is 14.0. The average Bonchev–Trinajstić information content (AvgIpc) is 3.02. The van der Waals surface area contributed by atoms with E-state index in [0.717, 1.165) is 0 Å². The lowest BCUT2D eigenvalue weighted by molar-refractivity contribution is -0.385. The van der Waals surface area contributed by atoms with E-state index in [4.69, 9.17) is 9.47 Å². The fraction of sp³-hybridized carbons (Fsp3) is 0.375. The second-order valence-electron chi connectivity index (χ2n) is 5.57. The van der Waals surface area contributed by atoms with Crippen LogP contribution in [0, 0.1) is 17.0 Å². The number of hydrogen-bond donors (Lipinski definition) is 0. The molecule has 0 radical (unpaired) electrons. The van der Waals surface area contributed by atoms with Gasteiger partial charge in [-0.25, -0.2) is 14.3 Å². The molecule has 8 heteroatoms. The predicted molar refractivity (Wildman–Crippen MR) is 86.3 cm³/mol. The molecule has 0 saturated heterocycles. The van der Waals surface area contributed by atoms with Crippen LogP contribution in [0.3, 0.4) is 0 Å². The minimum Gasteiger partial charge on any atom is -0.496 e. The van der Waals surface area contributed by atoms with Gasteiger partial charge < -0.3 is 9.47 Å². The zero-order chi connectivity index (χ0) is 17.9. The van der Waals surface area contributed by atoms with E-state index < -0.39 is 11.0 Å². The highest BCUT2D eigenvalue weighted by Gasteiger charge is 2.20. The number of carbonyl (C=O) groups excluding carboxylic acids is 1. The number of nitrogens with zero attached hydrogens (tertiary/aromatic N) is 3. The second-order valence-corrected chi connectivity index (χ2v) is 5.57. The molecule has 0 spiro atoms. The first-order chi connectivity index (χ1) is 11.3. The number of benzene rings is 1. The van der Waals surface area contributed by atoms with Crippen molar-refractivity contribution in [2.45, 2.75) is 33.3 Å². The van der Waals surface area contributed by atoms with E-state index in [1.54, 1.807) is 6.92 Å². The number of imidazole rings is 1. The third kappa shape index (κ3) is 3.53. The molecule has 0 bridgehead atoms. The maximum Gasteiger partial charge on any atom is 0.419 e. The van der Waals surface area contributed by atoms with Crippen molar-refractivity contribution in [3.63, 3.8) is 0 Å². The Morgan fingerprint density at radius 3 is 2.71 bits per heavy atom. The summed E-state index contributed by atoms with van der Waals surface area (Å²) in [4.78, 5) is 27.0. The maximum absolute atomic E-state index is 12.2. The van der Waals surface area contributed by atoms with Crippen molar-refractivity contribution in [3.05, 3.63) is 51.6 Å². The van der Waals surface area contributed by atoms with Gasteiger partial charge in [-0.3, -0.25) is 10.1 Å². The smallest absolute Gasteiger partial charge is 0.419 e. The Kier molecular flexibility index (Phi) is 5.18. The van der Waals surface area contributed by atoms with Crippen LogP contribution in [0.4, 0.5) is 10.5 Å². The lowest BCUT2D eigenvalue weighted by Crippen LogP contribution is -2.17. The van der Waals surface area contributed by atoms with Gasteiger partial charge in [-0.1, -0.05) is 13.8 Å². The molecule has 0 unspecified atom stereocenters. The molecule has 0 amide bonds. The van der Waals surface area contributed by atoms with E-state index in [2.05, 4.69) is 4.98 Å². The third-order valence-corrected chi connectivity index (χ3v) is 3.53. The highest BCUT2D eigenvalue weighted by atomic mass is 16.6. The minimum absolute atomic E-state index is 0.0429. The van der Waals surface area contributed by atoms with Gasteiger partial charge in [0.2, 0.25) is 0 Å². The van der Waals surface area contributed by atoms with E-state index in [9.17, 15) is 14.9 Å². The molecule has 2 aromatic rings. The minimum atomic E-state index is -0.634. The quantitative estimate of drug-likeness (QED) is 0.614. The molecule has 1 heterocycles. The van der Waals surface area contributed by atoms with E-state index in [0.29, 0.717) is 17.1 Å². The molecule has 0 fully saturated rings. The number of nitro benzene ring substituents is 1. The van der Waals surface area contributed by atoms with Crippen LogP contribution in [0.25, 0.3) is 0 Å². The van der Waals surface area contributed by atoms with Gasteiger partial charge in [0.1, 0.15) is 18.2 Å². The third-order valence-electron chi connectivity index (χ3n) is 3.53. The maximum atomic E-state index is 12.2. The number of methoxy groups -OCH3 is 1. The standard InChI is InChI=1S/C16H19N3O5/c1-10(2)15-17-5-6-18(15)16(20)24-9-12-8-14(23-4)11(3)7-13(12)19(21)22/h5-8,10H,9H2,1-4H3. The first-order valence-electron chi connectivity index (χ1n) is 7.37. The Labute approximate surface area is 139 Å². The Hall–Kier alpha value is -2.90. The highest BCUT2D eigenvalue weighted by molar-refractivity contribution is 5.71. The number of aromatic nitrogens is 2. The molecule has 8 nitrogen and oxygen atoms in total. The van der Waals surface area contributed by atoms with E-state index >= 15 is 0 Å². The number of ether oxygens (including phenoxy) is 2. The van der Waals surface area contributed by atoms with Crippen molar-refractivity contribution in [2.24, 2.45) is 0 Å². The van der Waals surface area contributed by atoms with Crippen LogP contribution >= 0.6 is 0 Å². The monoisotopic (exact) mass is 333 g/mol. The summed E-state index contributed by atoms with van der Waals surface area (Å²) >= 11 is 0. The molecule has 0 N–H and O–H groups in total. The van der Waals surface area contributed by atoms with E-state index in [-0.39, 0.29) is 23.8 Å². The van der Waals surface area contributed by atoms with Crippen molar-refractivity contribution in [1.82, 2.24) is 9.55 Å². The van der Waals surface area contributed by atoms with Gasteiger partial charge in [-0.2, -0.15) is 0 Å². The van der Waals surface area contributed by atoms with Crippen LogP contribution in [0.1, 0.15) is 36.7 Å². The molecule has 0 aliphatic rings. The molecular weight excluding hydrogens is 314 g/mol. The summed E-state index contributed by atoms with van der Waals surface area (Å²) in [5.41, 5.74) is 0.786. The zero-order valence-electron chi connectivity index (χ0n) is 14.0. The number of nitro groups is 1. The molecule has 0 saturated carbocycles. The lowest BCUT2D eigenvalue weighted by Gasteiger charge is -2.11. The van der Waals surface area contributed by atoms with Gasteiger partial charge in [0.05, 0.1) is 17.6 Å². The SMILES string of the molecule is COc1cc(COC(=O)n2ccnc2C(C)C)c([N+](=O)[O-])cc1C. The Morgan fingerprint density at radius 2 is 2.12 bits per heavy atom. The number of carbonyl (C=O) groups is 1. The molecule has 0 aliphatic heterocycles. The molecule has 1 aromatic carbocycles. The largest absolute Gasteiger partial charge is 0.496 e. The second kappa shape index (κ2) is 7.12. The summed E-state index contributed by atoms with van der Waals surface area (Å²) in [5, 5.41) is 11.2. The van der Waals surface area contributed by atoms with Crippen LogP contribution in [0.15, 0.2) is 24.5 Å². The molecule has 2 rings (SSSR count). The van der Waals surface area contributed by atoms with Crippen LogP contribution < -0.4 is 4.74 Å². The van der Waals surface area contributed by atoms with Crippen molar-refractivity contribution in [2.75, 3.05) is 7.11 Å². The van der Waals surface area contributed by atoms with E-state index in [1.165, 1.54) is 36.2 Å². The highest BCUT2D eigenvalue weighted by Crippen LogP contribution is 2.28. The predicted octanol–water partition coefficient (Wildman–Crippen LogP) is 3.42. The Balaban J connectivity index is 2.23. The van der Waals surface area contributed by atoms with Crippen molar-refractivity contribution in [1.29, 1.82) is 0 Å². The lowest BCUT2D eigenvalue weighted by atomic mass is 10.1. The fourth-order valence-corrected chi connectivity index (χ4v) is 2.33. The van der Waals surface area contributed by atoms with Crippen molar-refractivity contribution in [3.8, 4) is 5.75 Å².